The van der Waals surface area contributed by atoms with Gasteiger partial charge in [0.25, 0.3) is 11.5 Å². The summed E-state index contributed by atoms with van der Waals surface area (Å²) in [5, 5.41) is 15.8. The minimum Gasteiger partial charge on any atom is -0.382 e. The van der Waals surface area contributed by atoms with Crippen LogP contribution in [0.2, 0.25) is 5.02 Å². The number of ether oxygens (including phenoxy) is 1. The second-order valence-electron chi connectivity index (χ2n) is 9.05. The van der Waals surface area contributed by atoms with Crippen LogP contribution in [0, 0.1) is 17.2 Å². The quantitative estimate of drug-likeness (QED) is 0.556. The molecule has 1 aromatic heterocycles. The standard InChI is InChI=1S/C23H27ClF2N6O4S/c1-30(18-4-2-16(12-27)3-5-18)37(34,35)31-9-6-19(7-10-31)32-22(33)21(24)20(14-29-32)28-13-17-15-36-11-8-23(17,25)26/h2-5,14,17,19,28H,6-11,13,15H2,1H3/t17-/m0/s1. The Labute approximate surface area is 218 Å². The first-order valence-electron chi connectivity index (χ1n) is 11.8. The topological polar surface area (TPSA) is 121 Å². The lowest BCUT2D eigenvalue weighted by Gasteiger charge is -2.34. The van der Waals surface area contributed by atoms with E-state index in [0.29, 0.717) is 24.1 Å². The summed E-state index contributed by atoms with van der Waals surface area (Å²) in [6, 6.07) is 7.83. The highest BCUT2D eigenvalue weighted by Crippen LogP contribution is 2.33. The van der Waals surface area contributed by atoms with Gasteiger partial charge in [-0.05, 0) is 37.1 Å². The van der Waals surface area contributed by atoms with Crippen molar-refractivity contribution in [1.29, 1.82) is 5.26 Å². The number of rotatable bonds is 7. The number of halogens is 3. The van der Waals surface area contributed by atoms with E-state index in [1.165, 1.54) is 22.2 Å². The molecule has 1 N–H and O–H groups in total. The zero-order chi connectivity index (χ0) is 26.8. The van der Waals surface area contributed by atoms with Gasteiger partial charge in [-0.2, -0.15) is 23.1 Å². The van der Waals surface area contributed by atoms with E-state index >= 15 is 0 Å². The molecular formula is C23H27ClF2N6O4S. The highest BCUT2D eigenvalue weighted by Gasteiger charge is 2.42. The Morgan fingerprint density at radius 3 is 2.59 bits per heavy atom. The van der Waals surface area contributed by atoms with Gasteiger partial charge in [0.05, 0.1) is 54.4 Å². The van der Waals surface area contributed by atoms with Crippen LogP contribution in [-0.2, 0) is 14.9 Å². The van der Waals surface area contributed by atoms with Gasteiger partial charge in [-0.3, -0.25) is 9.10 Å². The normalized spacial score (nSPS) is 20.8. The van der Waals surface area contributed by atoms with Crippen molar-refractivity contribution >= 4 is 33.2 Å². The molecule has 2 aliphatic rings. The first-order chi connectivity index (χ1) is 17.5. The first kappa shape index (κ1) is 27.3. The number of alkyl halides is 2. The molecule has 0 bridgehead atoms. The number of anilines is 2. The lowest BCUT2D eigenvalue weighted by Crippen LogP contribution is -2.47. The second-order valence-corrected chi connectivity index (χ2v) is 11.4. The molecule has 0 unspecified atom stereocenters. The van der Waals surface area contributed by atoms with Gasteiger partial charge in [0, 0.05) is 33.1 Å². The average Bonchev–Trinajstić information content (AvgIpc) is 2.89. The van der Waals surface area contributed by atoms with Gasteiger partial charge in [0.1, 0.15) is 5.02 Å². The summed E-state index contributed by atoms with van der Waals surface area (Å²) >= 11 is 6.25. The summed E-state index contributed by atoms with van der Waals surface area (Å²) in [6.07, 6.45) is 1.64. The van der Waals surface area contributed by atoms with Crippen LogP contribution in [0.15, 0.2) is 35.3 Å². The maximum Gasteiger partial charge on any atom is 0.303 e. The van der Waals surface area contributed by atoms with Crippen LogP contribution in [0.3, 0.4) is 0 Å². The van der Waals surface area contributed by atoms with E-state index in [2.05, 4.69) is 10.4 Å². The van der Waals surface area contributed by atoms with E-state index in [4.69, 9.17) is 21.6 Å². The predicted molar refractivity (Wildman–Crippen MR) is 134 cm³/mol. The number of aromatic nitrogens is 2. The number of benzene rings is 1. The predicted octanol–water partition coefficient (Wildman–Crippen LogP) is 2.87. The van der Waals surface area contributed by atoms with Gasteiger partial charge < -0.3 is 10.1 Å². The number of nitriles is 1. The molecule has 0 saturated carbocycles. The van der Waals surface area contributed by atoms with Crippen molar-refractivity contribution < 1.29 is 21.9 Å². The van der Waals surface area contributed by atoms with Gasteiger partial charge in [0.15, 0.2) is 0 Å². The Morgan fingerprint density at radius 2 is 1.97 bits per heavy atom. The maximum atomic E-state index is 14.1. The van der Waals surface area contributed by atoms with Gasteiger partial charge >= 0.3 is 10.2 Å². The van der Waals surface area contributed by atoms with Crippen molar-refractivity contribution in [2.45, 2.75) is 31.2 Å². The molecule has 2 aliphatic heterocycles. The lowest BCUT2D eigenvalue weighted by molar-refractivity contribution is -0.136. The molecule has 3 heterocycles. The molecular weight excluding hydrogens is 530 g/mol. The van der Waals surface area contributed by atoms with E-state index < -0.39 is 27.6 Å². The fourth-order valence-electron chi connectivity index (χ4n) is 4.40. The molecule has 2 fully saturated rings. The Bertz CT molecular complexity index is 1320. The van der Waals surface area contributed by atoms with Crippen molar-refractivity contribution in [2.24, 2.45) is 5.92 Å². The Morgan fingerprint density at radius 1 is 1.30 bits per heavy atom. The van der Waals surface area contributed by atoms with Crippen LogP contribution < -0.4 is 15.2 Å². The van der Waals surface area contributed by atoms with E-state index in [1.807, 2.05) is 6.07 Å². The molecule has 1 aromatic carbocycles. The number of hydrogen-bond donors (Lipinski definition) is 1. The Hall–Kier alpha value is -2.79. The molecule has 37 heavy (non-hydrogen) atoms. The van der Waals surface area contributed by atoms with Crippen LogP contribution in [0.1, 0.15) is 30.9 Å². The third-order valence-electron chi connectivity index (χ3n) is 6.78. The van der Waals surface area contributed by atoms with Crippen LogP contribution in [0.25, 0.3) is 0 Å². The number of hydrogen-bond acceptors (Lipinski definition) is 7. The number of nitrogens with zero attached hydrogens (tertiary/aromatic N) is 5. The van der Waals surface area contributed by atoms with E-state index in [0.717, 1.165) is 4.31 Å². The molecule has 0 spiro atoms. The highest BCUT2D eigenvalue weighted by molar-refractivity contribution is 7.90. The van der Waals surface area contributed by atoms with Gasteiger partial charge in [-0.25, -0.2) is 13.5 Å². The summed E-state index contributed by atoms with van der Waals surface area (Å²) < 4.78 is 63.2. The SMILES string of the molecule is CN(c1ccc(C#N)cc1)S(=O)(=O)N1CCC(n2ncc(NC[C@H]3COCCC3(F)F)c(Cl)c2=O)CC1. The van der Waals surface area contributed by atoms with Crippen molar-refractivity contribution in [3.8, 4) is 6.07 Å². The second kappa shape index (κ2) is 10.9. The average molecular weight is 557 g/mol. The van der Waals surface area contributed by atoms with Gasteiger partial charge in [-0.15, -0.1) is 0 Å². The van der Waals surface area contributed by atoms with Crippen molar-refractivity contribution in [1.82, 2.24) is 14.1 Å². The highest BCUT2D eigenvalue weighted by atomic mass is 35.5. The third-order valence-corrected chi connectivity index (χ3v) is 9.07. The van der Waals surface area contributed by atoms with Crippen molar-refractivity contribution in [3.05, 3.63) is 51.4 Å². The lowest BCUT2D eigenvalue weighted by atomic mass is 9.97. The fraction of sp³-hybridized carbons (Fsp3) is 0.522. The molecule has 2 aromatic rings. The molecule has 14 heteroatoms. The van der Waals surface area contributed by atoms with E-state index in [-0.39, 0.29) is 56.0 Å². The number of piperidine rings is 1. The zero-order valence-corrected chi connectivity index (χ0v) is 21.7. The first-order valence-corrected chi connectivity index (χ1v) is 13.5. The van der Waals surface area contributed by atoms with Crippen molar-refractivity contribution in [2.75, 3.05) is 49.5 Å². The van der Waals surface area contributed by atoms with Crippen LogP contribution in [0.4, 0.5) is 20.2 Å². The summed E-state index contributed by atoms with van der Waals surface area (Å²) in [7, 11) is -2.38. The van der Waals surface area contributed by atoms with E-state index in [1.54, 1.807) is 24.3 Å². The minimum atomic E-state index is -3.82. The minimum absolute atomic E-state index is 0.00764. The maximum absolute atomic E-state index is 14.1. The zero-order valence-electron chi connectivity index (χ0n) is 20.1. The summed E-state index contributed by atoms with van der Waals surface area (Å²) in [6.45, 7) is 0.116. The monoisotopic (exact) mass is 556 g/mol. The van der Waals surface area contributed by atoms with Crippen LogP contribution in [0.5, 0.6) is 0 Å². The van der Waals surface area contributed by atoms with Crippen molar-refractivity contribution in [3.63, 3.8) is 0 Å². The van der Waals surface area contributed by atoms with Gasteiger partial charge in [-0.1, -0.05) is 11.6 Å². The van der Waals surface area contributed by atoms with E-state index in [9.17, 15) is 22.0 Å². The molecule has 200 valence electrons. The number of nitrogens with one attached hydrogen (secondary N) is 1. The smallest absolute Gasteiger partial charge is 0.303 e. The molecule has 0 aliphatic carbocycles. The van der Waals surface area contributed by atoms with Crippen LogP contribution >= 0.6 is 11.6 Å². The van der Waals surface area contributed by atoms with Crippen LogP contribution in [-0.4, -0.2) is 68.3 Å². The largest absolute Gasteiger partial charge is 0.382 e. The molecule has 0 radical (unpaired) electrons. The Kier molecular flexibility index (Phi) is 8.03. The van der Waals surface area contributed by atoms with Gasteiger partial charge in [0.2, 0.25) is 0 Å². The summed E-state index contributed by atoms with van der Waals surface area (Å²) in [4.78, 5) is 12.9. The molecule has 1 atom stereocenters. The summed E-state index contributed by atoms with van der Waals surface area (Å²) in [5.41, 5.74) is 0.434. The molecule has 4 rings (SSSR count). The molecule has 10 nitrogen and oxygen atoms in total. The summed E-state index contributed by atoms with van der Waals surface area (Å²) in [5.74, 6) is -3.92. The molecule has 0 amide bonds. The Balaban J connectivity index is 1.40. The fourth-order valence-corrected chi connectivity index (χ4v) is 6.01. The molecule has 2 saturated heterocycles. The third kappa shape index (κ3) is 5.72.